The zero-order chi connectivity index (χ0) is 17.2. The number of amides is 2. The van der Waals surface area contributed by atoms with Crippen LogP contribution in [-0.2, 0) is 14.3 Å². The molecule has 0 aliphatic heterocycles. The molecule has 7 heteroatoms. The number of carbonyl (C=O) groups is 3. The van der Waals surface area contributed by atoms with Gasteiger partial charge in [-0.1, -0.05) is 19.8 Å². The van der Waals surface area contributed by atoms with E-state index >= 15 is 0 Å². The highest BCUT2D eigenvalue weighted by Gasteiger charge is 2.23. The molecule has 2 amide bonds. The van der Waals surface area contributed by atoms with Gasteiger partial charge in [-0.2, -0.15) is 0 Å². The van der Waals surface area contributed by atoms with Gasteiger partial charge in [-0.05, 0) is 33.6 Å². The smallest absolute Gasteiger partial charge is 0.408 e. The first-order valence-corrected chi connectivity index (χ1v) is 7.64. The van der Waals surface area contributed by atoms with Gasteiger partial charge in [0.1, 0.15) is 11.6 Å². The third kappa shape index (κ3) is 10.9. The minimum atomic E-state index is -1.16. The van der Waals surface area contributed by atoms with E-state index in [0.717, 1.165) is 19.3 Å². The highest BCUT2D eigenvalue weighted by Crippen LogP contribution is 2.07. The van der Waals surface area contributed by atoms with Crippen molar-refractivity contribution in [2.24, 2.45) is 0 Å². The minimum absolute atomic E-state index is 0.102. The minimum Gasteiger partial charge on any atom is -0.480 e. The topological polar surface area (TPSA) is 105 Å². The van der Waals surface area contributed by atoms with Crippen LogP contribution in [0.1, 0.15) is 59.8 Å². The van der Waals surface area contributed by atoms with Gasteiger partial charge in [-0.3, -0.25) is 4.79 Å². The highest BCUT2D eigenvalue weighted by atomic mass is 16.6. The molecule has 0 aromatic heterocycles. The molecule has 128 valence electrons. The second-order valence-corrected chi connectivity index (χ2v) is 6.13. The Morgan fingerprint density at radius 3 is 2.32 bits per heavy atom. The summed E-state index contributed by atoms with van der Waals surface area (Å²) in [6.45, 7) is 7.33. The Labute approximate surface area is 131 Å². The number of carboxylic acids is 1. The number of carbonyl (C=O) groups excluding carboxylic acids is 2. The second-order valence-electron chi connectivity index (χ2n) is 6.13. The van der Waals surface area contributed by atoms with Crippen molar-refractivity contribution in [2.45, 2.75) is 71.4 Å². The van der Waals surface area contributed by atoms with Gasteiger partial charge in [0.15, 0.2) is 0 Å². The van der Waals surface area contributed by atoms with E-state index in [9.17, 15) is 14.4 Å². The summed E-state index contributed by atoms with van der Waals surface area (Å²) in [5.74, 6) is -1.26. The van der Waals surface area contributed by atoms with E-state index in [1.165, 1.54) is 0 Å². The van der Waals surface area contributed by atoms with E-state index in [-0.39, 0.29) is 18.9 Å². The van der Waals surface area contributed by atoms with Gasteiger partial charge in [0.05, 0.1) is 0 Å². The van der Waals surface area contributed by atoms with Crippen LogP contribution in [0.4, 0.5) is 4.79 Å². The Balaban J connectivity index is 4.13. The summed E-state index contributed by atoms with van der Waals surface area (Å²) in [7, 11) is 0. The zero-order valence-electron chi connectivity index (χ0n) is 13.9. The van der Waals surface area contributed by atoms with Crippen molar-refractivity contribution in [1.82, 2.24) is 10.6 Å². The molecule has 7 nitrogen and oxygen atoms in total. The molecule has 1 atom stereocenters. The largest absolute Gasteiger partial charge is 0.480 e. The predicted molar refractivity (Wildman–Crippen MR) is 82.6 cm³/mol. The fourth-order valence-corrected chi connectivity index (χ4v) is 1.69. The number of hydrogen-bond acceptors (Lipinski definition) is 4. The monoisotopic (exact) mass is 316 g/mol. The molecular weight excluding hydrogens is 288 g/mol. The van der Waals surface area contributed by atoms with Crippen molar-refractivity contribution in [2.75, 3.05) is 6.54 Å². The first kappa shape index (κ1) is 20.2. The lowest BCUT2D eigenvalue weighted by molar-refractivity contribution is -0.139. The van der Waals surface area contributed by atoms with Crippen LogP contribution in [0.2, 0.25) is 0 Å². The Hall–Kier alpha value is -1.79. The Morgan fingerprint density at radius 1 is 1.18 bits per heavy atom. The molecule has 0 heterocycles. The van der Waals surface area contributed by atoms with Crippen LogP contribution >= 0.6 is 0 Å². The van der Waals surface area contributed by atoms with Gasteiger partial charge in [0.2, 0.25) is 5.91 Å². The number of nitrogens with one attached hydrogen (secondary N) is 2. The van der Waals surface area contributed by atoms with Crippen LogP contribution in [0.25, 0.3) is 0 Å². The molecule has 0 spiro atoms. The number of ether oxygens (including phenoxy) is 1. The average molecular weight is 316 g/mol. The van der Waals surface area contributed by atoms with Crippen LogP contribution in [0, 0.1) is 0 Å². The van der Waals surface area contributed by atoms with Gasteiger partial charge in [-0.25, -0.2) is 9.59 Å². The standard InChI is InChI=1S/C15H28N2O5/c1-5-6-7-8-12(18)16-10-9-11(13(19)20)17-14(21)22-15(2,3)4/h11H,5-10H2,1-4H3,(H,16,18)(H,17,21)(H,19,20)/t11-/m0/s1. The van der Waals surface area contributed by atoms with Crippen molar-refractivity contribution >= 4 is 18.0 Å². The first-order valence-electron chi connectivity index (χ1n) is 7.64. The van der Waals surface area contributed by atoms with Gasteiger partial charge in [0.25, 0.3) is 0 Å². The zero-order valence-corrected chi connectivity index (χ0v) is 13.9. The van der Waals surface area contributed by atoms with Gasteiger partial charge >= 0.3 is 12.1 Å². The SMILES string of the molecule is CCCCCC(=O)NCC[C@H](NC(=O)OC(C)(C)C)C(=O)O. The summed E-state index contributed by atoms with van der Waals surface area (Å²) >= 11 is 0. The van der Waals surface area contributed by atoms with E-state index in [1.54, 1.807) is 20.8 Å². The first-order chi connectivity index (χ1) is 10.2. The third-order valence-corrected chi connectivity index (χ3v) is 2.75. The van der Waals surface area contributed by atoms with E-state index in [1.807, 2.05) is 0 Å². The summed E-state index contributed by atoms with van der Waals surface area (Å²) in [5, 5.41) is 14.0. The molecule has 0 aliphatic carbocycles. The normalized spacial score (nSPS) is 12.4. The van der Waals surface area contributed by atoms with E-state index in [2.05, 4.69) is 17.6 Å². The molecule has 0 fully saturated rings. The fraction of sp³-hybridized carbons (Fsp3) is 0.800. The molecule has 0 saturated carbocycles. The number of carboxylic acid groups (broad SMARTS) is 1. The maximum atomic E-state index is 11.6. The summed E-state index contributed by atoms with van der Waals surface area (Å²) in [6.07, 6.45) is 2.61. The molecule has 0 rings (SSSR count). The molecule has 0 saturated heterocycles. The van der Waals surface area contributed by atoms with Crippen LogP contribution < -0.4 is 10.6 Å². The number of unbranched alkanes of at least 4 members (excludes halogenated alkanes) is 2. The molecule has 0 aromatic carbocycles. The number of rotatable bonds is 9. The fourth-order valence-electron chi connectivity index (χ4n) is 1.69. The van der Waals surface area contributed by atoms with Crippen molar-refractivity contribution < 1.29 is 24.2 Å². The summed E-state index contributed by atoms with van der Waals surface area (Å²) in [4.78, 5) is 34.2. The van der Waals surface area contributed by atoms with Crippen molar-refractivity contribution in [3.63, 3.8) is 0 Å². The van der Waals surface area contributed by atoms with E-state index in [0.29, 0.717) is 6.42 Å². The van der Waals surface area contributed by atoms with Crippen LogP contribution in [0.5, 0.6) is 0 Å². The van der Waals surface area contributed by atoms with Crippen LogP contribution in [0.3, 0.4) is 0 Å². The lowest BCUT2D eigenvalue weighted by Crippen LogP contribution is -2.45. The van der Waals surface area contributed by atoms with Crippen molar-refractivity contribution in [1.29, 1.82) is 0 Å². The molecule has 0 aromatic rings. The van der Waals surface area contributed by atoms with Crippen molar-refractivity contribution in [3.05, 3.63) is 0 Å². The average Bonchev–Trinajstić information content (AvgIpc) is 2.35. The van der Waals surface area contributed by atoms with E-state index < -0.39 is 23.7 Å². The summed E-state index contributed by atoms with van der Waals surface area (Å²) < 4.78 is 5.01. The molecule has 0 radical (unpaired) electrons. The van der Waals surface area contributed by atoms with Crippen molar-refractivity contribution in [3.8, 4) is 0 Å². The third-order valence-electron chi connectivity index (χ3n) is 2.75. The van der Waals surface area contributed by atoms with Gasteiger partial charge in [-0.15, -0.1) is 0 Å². The maximum absolute atomic E-state index is 11.6. The summed E-state index contributed by atoms with van der Waals surface area (Å²) in [5.41, 5.74) is -0.694. The van der Waals surface area contributed by atoms with E-state index in [4.69, 9.17) is 9.84 Å². The predicted octanol–water partition coefficient (Wildman–Crippen LogP) is 2.05. The number of alkyl carbamates (subject to hydrolysis) is 1. The molecule has 3 N–H and O–H groups in total. The molecule has 22 heavy (non-hydrogen) atoms. The Bertz CT molecular complexity index is 377. The maximum Gasteiger partial charge on any atom is 0.408 e. The van der Waals surface area contributed by atoms with Gasteiger partial charge in [0, 0.05) is 13.0 Å². The highest BCUT2D eigenvalue weighted by molar-refractivity contribution is 5.80. The molecule has 0 unspecified atom stereocenters. The Morgan fingerprint density at radius 2 is 1.82 bits per heavy atom. The number of aliphatic carboxylic acids is 1. The van der Waals surface area contributed by atoms with Crippen LogP contribution in [-0.4, -0.2) is 41.3 Å². The molecule has 0 bridgehead atoms. The van der Waals surface area contributed by atoms with Crippen LogP contribution in [0.15, 0.2) is 0 Å². The quantitative estimate of drug-likeness (QED) is 0.565. The number of hydrogen-bond donors (Lipinski definition) is 3. The lowest BCUT2D eigenvalue weighted by Gasteiger charge is -2.22. The second kappa shape index (κ2) is 10.0. The molecular formula is C15H28N2O5. The Kier molecular flexibility index (Phi) is 9.21. The lowest BCUT2D eigenvalue weighted by atomic mass is 10.2. The molecule has 0 aliphatic rings. The van der Waals surface area contributed by atoms with Gasteiger partial charge < -0.3 is 20.5 Å². The summed E-state index contributed by atoms with van der Waals surface area (Å²) in [6, 6.07) is -1.09.